The van der Waals surface area contributed by atoms with Gasteiger partial charge in [-0.3, -0.25) is 4.79 Å². The molecule has 1 atom stereocenters. The molecular weight excluding hydrogens is 480 g/mol. The number of nitrogens with zero attached hydrogens (tertiary/aromatic N) is 1. The fraction of sp³-hybridized carbons (Fsp3) is 0.154. The summed E-state index contributed by atoms with van der Waals surface area (Å²) < 4.78 is 22.8. The van der Waals surface area contributed by atoms with E-state index in [1.807, 2.05) is 38.1 Å². The number of nitrogens with two attached hydrogens (primary N) is 1. The van der Waals surface area contributed by atoms with Crippen LogP contribution < -0.4 is 10.5 Å². The van der Waals surface area contributed by atoms with Gasteiger partial charge >= 0.3 is 0 Å². The number of rotatable bonds is 7. The summed E-state index contributed by atoms with van der Waals surface area (Å²) in [5.41, 5.74) is 6.53. The van der Waals surface area contributed by atoms with E-state index >= 15 is 0 Å². The molecule has 0 aliphatic heterocycles. The molecule has 3 aromatic carbocycles. The summed E-state index contributed by atoms with van der Waals surface area (Å²) in [6.07, 6.45) is 0. The monoisotopic (exact) mass is 506 g/mol. The summed E-state index contributed by atoms with van der Waals surface area (Å²) in [6, 6.07) is 22.1. The molecule has 0 unspecified atom stereocenters. The number of carbonyl (C=O) groups is 1. The van der Waals surface area contributed by atoms with Crippen molar-refractivity contribution in [2.75, 3.05) is 5.32 Å². The van der Waals surface area contributed by atoms with Crippen LogP contribution in [0.15, 0.2) is 82.8 Å². The van der Waals surface area contributed by atoms with E-state index in [0.29, 0.717) is 10.8 Å². The van der Waals surface area contributed by atoms with Crippen LogP contribution in [-0.2, 0) is 14.8 Å². The average Bonchev–Trinajstić information content (AvgIpc) is 3.23. The second-order valence-electron chi connectivity index (χ2n) is 8.32. The van der Waals surface area contributed by atoms with Gasteiger partial charge in [0.2, 0.25) is 15.9 Å². The van der Waals surface area contributed by atoms with E-state index in [2.05, 4.69) is 34.6 Å². The van der Waals surface area contributed by atoms with E-state index in [-0.39, 0.29) is 10.8 Å². The molecule has 1 amide bonds. The Morgan fingerprint density at radius 3 is 2.00 bits per heavy atom. The smallest absolute Gasteiger partial charge is 0.238 e. The number of aromatic nitrogens is 2. The molecule has 1 heterocycles. The second-order valence-corrected chi connectivity index (χ2v) is 11.2. The van der Waals surface area contributed by atoms with Crippen molar-refractivity contribution in [2.45, 2.75) is 36.1 Å². The maximum absolute atomic E-state index is 12.8. The van der Waals surface area contributed by atoms with E-state index in [4.69, 9.17) is 10.1 Å². The van der Waals surface area contributed by atoms with E-state index < -0.39 is 15.3 Å². The molecule has 0 bridgehead atoms. The Morgan fingerprint density at radius 1 is 0.914 bits per heavy atom. The first-order chi connectivity index (χ1) is 16.6. The van der Waals surface area contributed by atoms with Crippen molar-refractivity contribution in [1.29, 1.82) is 0 Å². The fourth-order valence-electron chi connectivity index (χ4n) is 3.45. The highest BCUT2D eigenvalue weighted by Gasteiger charge is 2.20. The molecule has 1 aromatic heterocycles. The molecule has 180 valence electrons. The number of aromatic amines is 1. The van der Waals surface area contributed by atoms with E-state index in [0.717, 1.165) is 28.1 Å². The highest BCUT2D eigenvalue weighted by Crippen LogP contribution is 2.34. The van der Waals surface area contributed by atoms with Crippen LogP contribution in [0, 0.1) is 13.8 Å². The Bertz CT molecular complexity index is 1380. The number of aryl methyl sites for hydroxylation is 2. The predicted octanol–water partition coefficient (Wildman–Crippen LogP) is 5.13. The molecule has 9 heteroatoms. The highest BCUT2D eigenvalue weighted by atomic mass is 32.2. The maximum atomic E-state index is 12.8. The van der Waals surface area contributed by atoms with Gasteiger partial charge in [-0.2, -0.15) is 0 Å². The van der Waals surface area contributed by atoms with Crippen LogP contribution in [0.2, 0.25) is 0 Å². The number of sulfonamides is 1. The number of carbonyl (C=O) groups excluding carboxylic acids is 1. The number of imidazole rings is 1. The lowest BCUT2D eigenvalue weighted by Crippen LogP contribution is -2.22. The number of thioether (sulfide) groups is 1. The van der Waals surface area contributed by atoms with Gasteiger partial charge in [-0.05, 0) is 45.0 Å². The van der Waals surface area contributed by atoms with Crippen LogP contribution in [0.3, 0.4) is 0 Å². The second kappa shape index (κ2) is 10.1. The minimum absolute atomic E-state index is 0.0132. The predicted molar refractivity (Wildman–Crippen MR) is 141 cm³/mol. The zero-order valence-corrected chi connectivity index (χ0v) is 21.2. The average molecular weight is 507 g/mol. The number of H-pyrrole nitrogens is 1. The lowest BCUT2D eigenvalue weighted by Gasteiger charge is -2.11. The Balaban J connectivity index is 1.56. The Hall–Kier alpha value is -3.40. The molecule has 0 radical (unpaired) electrons. The zero-order valence-electron chi connectivity index (χ0n) is 19.6. The minimum Gasteiger partial charge on any atom is -0.332 e. The third-order valence-corrected chi connectivity index (χ3v) is 7.37. The normalized spacial score (nSPS) is 12.3. The first-order valence-corrected chi connectivity index (χ1v) is 13.4. The number of anilines is 1. The molecule has 0 aliphatic carbocycles. The third kappa shape index (κ3) is 6.00. The van der Waals surface area contributed by atoms with Crippen LogP contribution in [0.1, 0.15) is 18.1 Å². The standard InChI is InChI=1S/C26H26N4O3S2/c1-16-4-8-19(9-5-16)23-24(20-10-6-17(2)7-11-20)30-26(29-23)34-18(3)25(31)28-21-12-14-22(15-13-21)35(27,32)33/h4-15,18H,1-3H3,(H,28,31)(H,29,30)(H2,27,32,33)/t18-/m1/s1. The fourth-order valence-corrected chi connectivity index (χ4v) is 4.77. The van der Waals surface area contributed by atoms with Crippen LogP contribution in [-0.4, -0.2) is 29.5 Å². The van der Waals surface area contributed by atoms with Gasteiger partial charge in [-0.25, -0.2) is 18.5 Å². The van der Waals surface area contributed by atoms with Gasteiger partial charge in [0.05, 0.1) is 21.5 Å². The molecule has 0 fully saturated rings. The zero-order chi connectivity index (χ0) is 25.2. The van der Waals surface area contributed by atoms with Crippen LogP contribution in [0.4, 0.5) is 5.69 Å². The molecule has 4 rings (SSSR count). The summed E-state index contributed by atoms with van der Waals surface area (Å²) in [6.45, 7) is 5.87. The molecule has 0 saturated carbocycles. The van der Waals surface area contributed by atoms with Crippen molar-refractivity contribution in [3.8, 4) is 22.5 Å². The van der Waals surface area contributed by atoms with Crippen LogP contribution >= 0.6 is 11.8 Å². The molecule has 0 saturated heterocycles. The lowest BCUT2D eigenvalue weighted by atomic mass is 10.0. The molecule has 4 aromatic rings. The van der Waals surface area contributed by atoms with Crippen LogP contribution in [0.25, 0.3) is 22.5 Å². The first-order valence-electron chi connectivity index (χ1n) is 10.9. The van der Waals surface area contributed by atoms with Crippen molar-refractivity contribution >= 4 is 33.4 Å². The van der Waals surface area contributed by atoms with Gasteiger partial charge < -0.3 is 10.3 Å². The SMILES string of the molecule is Cc1ccc(-c2nc(S[C@H](C)C(=O)Nc3ccc(S(N)(=O)=O)cc3)[nH]c2-c2ccc(C)cc2)cc1. The summed E-state index contributed by atoms with van der Waals surface area (Å²) >= 11 is 1.31. The van der Waals surface area contributed by atoms with E-state index in [1.54, 1.807) is 6.92 Å². The van der Waals surface area contributed by atoms with Gasteiger partial charge in [0.1, 0.15) is 0 Å². The molecule has 0 aliphatic rings. The Labute approximate surface area is 209 Å². The summed E-state index contributed by atoms with van der Waals surface area (Å²) in [5, 5.41) is 8.09. The summed E-state index contributed by atoms with van der Waals surface area (Å²) in [4.78, 5) is 21.0. The van der Waals surface area contributed by atoms with Gasteiger partial charge in [-0.15, -0.1) is 0 Å². The molecule has 4 N–H and O–H groups in total. The first kappa shape index (κ1) is 24.7. The van der Waals surface area contributed by atoms with Gasteiger partial charge in [0.25, 0.3) is 0 Å². The van der Waals surface area contributed by atoms with E-state index in [1.165, 1.54) is 41.6 Å². The molecule has 35 heavy (non-hydrogen) atoms. The van der Waals surface area contributed by atoms with Gasteiger partial charge in [0, 0.05) is 16.8 Å². The number of benzene rings is 3. The molecule has 0 spiro atoms. The van der Waals surface area contributed by atoms with Crippen molar-refractivity contribution < 1.29 is 13.2 Å². The topological polar surface area (TPSA) is 118 Å². The Morgan fingerprint density at radius 2 is 1.46 bits per heavy atom. The van der Waals surface area contributed by atoms with Crippen molar-refractivity contribution in [2.24, 2.45) is 5.14 Å². The van der Waals surface area contributed by atoms with Gasteiger partial charge in [-0.1, -0.05) is 71.4 Å². The Kier molecular flexibility index (Phi) is 7.11. The highest BCUT2D eigenvalue weighted by molar-refractivity contribution is 8.00. The minimum atomic E-state index is -3.79. The quantitative estimate of drug-likeness (QED) is 0.301. The summed E-state index contributed by atoms with van der Waals surface area (Å²) in [5.74, 6) is -0.233. The third-order valence-electron chi connectivity index (χ3n) is 5.46. The largest absolute Gasteiger partial charge is 0.332 e. The van der Waals surface area contributed by atoms with Gasteiger partial charge in [0.15, 0.2) is 5.16 Å². The number of amides is 1. The van der Waals surface area contributed by atoms with Crippen molar-refractivity contribution in [3.05, 3.63) is 83.9 Å². The molecule has 7 nitrogen and oxygen atoms in total. The van der Waals surface area contributed by atoms with Crippen molar-refractivity contribution in [3.63, 3.8) is 0 Å². The number of nitrogens with one attached hydrogen (secondary N) is 2. The summed E-state index contributed by atoms with van der Waals surface area (Å²) in [7, 11) is -3.79. The van der Waals surface area contributed by atoms with Crippen molar-refractivity contribution in [1.82, 2.24) is 9.97 Å². The van der Waals surface area contributed by atoms with Crippen LogP contribution in [0.5, 0.6) is 0 Å². The number of primary sulfonamides is 1. The lowest BCUT2D eigenvalue weighted by molar-refractivity contribution is -0.115. The number of hydrogen-bond acceptors (Lipinski definition) is 5. The van der Waals surface area contributed by atoms with E-state index in [9.17, 15) is 13.2 Å². The maximum Gasteiger partial charge on any atom is 0.238 e. The molecular formula is C26H26N4O3S2. The number of hydrogen-bond donors (Lipinski definition) is 3.